The average Bonchev–Trinajstić information content (AvgIpc) is 3.26. The zero-order valence-corrected chi connectivity index (χ0v) is 15.5. The number of pyridine rings is 1. The van der Waals surface area contributed by atoms with Crippen molar-refractivity contribution < 1.29 is 9.90 Å². The predicted octanol–water partition coefficient (Wildman–Crippen LogP) is 2.19. The maximum absolute atomic E-state index is 12.6. The summed E-state index contributed by atoms with van der Waals surface area (Å²) in [6.45, 7) is 3.55. The minimum atomic E-state index is -0.493. The molecular weight excluding hydrogens is 340 g/mol. The van der Waals surface area contributed by atoms with Gasteiger partial charge in [0.2, 0.25) is 5.91 Å². The van der Waals surface area contributed by atoms with Gasteiger partial charge in [-0.25, -0.2) is 0 Å². The molecule has 3 aromatic rings. The number of nitrogens with zero attached hydrogens (tertiary/aromatic N) is 4. The van der Waals surface area contributed by atoms with E-state index in [1.807, 2.05) is 48.1 Å². The van der Waals surface area contributed by atoms with E-state index in [4.69, 9.17) is 0 Å². The Bertz CT molecular complexity index is 947. The van der Waals surface area contributed by atoms with Crippen LogP contribution >= 0.6 is 0 Å². The van der Waals surface area contributed by atoms with Crippen molar-refractivity contribution in [2.45, 2.75) is 32.4 Å². The van der Waals surface area contributed by atoms with Crippen molar-refractivity contribution in [1.82, 2.24) is 19.7 Å². The molecule has 0 bridgehead atoms. The topological polar surface area (TPSA) is 71.2 Å². The number of likely N-dealkylation sites (tertiary alicyclic amines) is 1. The van der Waals surface area contributed by atoms with Gasteiger partial charge in [0.05, 0.1) is 11.6 Å². The molecule has 1 aliphatic heterocycles. The van der Waals surface area contributed by atoms with Gasteiger partial charge in [-0.2, -0.15) is 5.10 Å². The van der Waals surface area contributed by atoms with Crippen LogP contribution in [0.2, 0.25) is 0 Å². The second-order valence-electron chi connectivity index (χ2n) is 7.26. The Hall–Kier alpha value is -2.73. The zero-order chi connectivity index (χ0) is 18.8. The number of benzene rings is 1. The van der Waals surface area contributed by atoms with E-state index in [2.05, 4.69) is 16.1 Å². The number of carbonyl (C=O) groups is 1. The second kappa shape index (κ2) is 7.48. The van der Waals surface area contributed by atoms with E-state index in [1.165, 1.54) is 5.56 Å². The lowest BCUT2D eigenvalue weighted by molar-refractivity contribution is -0.130. The fourth-order valence-electron chi connectivity index (χ4n) is 3.87. The highest BCUT2D eigenvalue weighted by atomic mass is 16.3. The number of rotatable bonds is 5. The van der Waals surface area contributed by atoms with Gasteiger partial charge in [-0.1, -0.05) is 18.2 Å². The summed E-state index contributed by atoms with van der Waals surface area (Å²) in [5, 5.41) is 15.8. The van der Waals surface area contributed by atoms with Crippen molar-refractivity contribution in [2.24, 2.45) is 5.92 Å². The number of hydrogen-bond acceptors (Lipinski definition) is 4. The highest BCUT2D eigenvalue weighted by Crippen LogP contribution is 2.25. The van der Waals surface area contributed by atoms with Crippen LogP contribution in [0.25, 0.3) is 10.9 Å². The van der Waals surface area contributed by atoms with Crippen LogP contribution in [0.15, 0.2) is 48.8 Å². The molecule has 6 heteroatoms. The van der Waals surface area contributed by atoms with Gasteiger partial charge in [-0.05, 0) is 37.1 Å². The van der Waals surface area contributed by atoms with Crippen LogP contribution in [0.1, 0.15) is 17.7 Å². The third kappa shape index (κ3) is 3.71. The fraction of sp³-hybridized carbons (Fsp3) is 0.381. The van der Waals surface area contributed by atoms with Crippen LogP contribution in [0.3, 0.4) is 0 Å². The molecule has 1 amide bonds. The van der Waals surface area contributed by atoms with Crippen molar-refractivity contribution in [3.63, 3.8) is 0 Å². The SMILES string of the molecule is Cc1ccnn1CCC(=O)N1C[C@@H](Cc2ccnc3ccccc23)[C@@H](O)C1. The molecular formula is C21H24N4O2. The van der Waals surface area contributed by atoms with Gasteiger partial charge in [-0.15, -0.1) is 0 Å². The quantitative estimate of drug-likeness (QED) is 0.753. The molecule has 1 saturated heterocycles. The van der Waals surface area contributed by atoms with Crippen LogP contribution in [0, 0.1) is 12.8 Å². The Kier molecular flexibility index (Phi) is 4.90. The monoisotopic (exact) mass is 364 g/mol. The number of amides is 1. The number of aryl methyl sites for hydroxylation is 2. The van der Waals surface area contributed by atoms with Crippen molar-refractivity contribution >= 4 is 16.8 Å². The number of β-amino-alcohol motifs (C(OH)–C–C–N with tert-alkyl or cyclic N) is 1. The van der Waals surface area contributed by atoms with Gasteiger partial charge in [0.15, 0.2) is 0 Å². The minimum Gasteiger partial charge on any atom is -0.391 e. The molecule has 0 saturated carbocycles. The molecule has 1 aliphatic rings. The molecule has 0 unspecified atom stereocenters. The molecule has 2 atom stereocenters. The van der Waals surface area contributed by atoms with Crippen LogP contribution in [-0.2, 0) is 17.8 Å². The van der Waals surface area contributed by atoms with Gasteiger partial charge in [0.1, 0.15) is 0 Å². The van der Waals surface area contributed by atoms with Gasteiger partial charge in [-0.3, -0.25) is 14.5 Å². The molecule has 140 valence electrons. The summed E-state index contributed by atoms with van der Waals surface area (Å²) in [4.78, 5) is 18.8. The molecule has 1 N–H and O–H groups in total. The molecule has 4 rings (SSSR count). The van der Waals surface area contributed by atoms with E-state index in [0.29, 0.717) is 26.1 Å². The Labute approximate surface area is 158 Å². The Morgan fingerprint density at radius 2 is 2.04 bits per heavy atom. The van der Waals surface area contributed by atoms with Crippen molar-refractivity contribution in [3.8, 4) is 0 Å². The number of aliphatic hydroxyl groups is 1. The minimum absolute atomic E-state index is 0.0474. The van der Waals surface area contributed by atoms with E-state index in [0.717, 1.165) is 23.0 Å². The molecule has 3 heterocycles. The maximum Gasteiger partial charge on any atom is 0.224 e. The number of para-hydroxylation sites is 1. The lowest BCUT2D eigenvalue weighted by Crippen LogP contribution is -2.30. The summed E-state index contributed by atoms with van der Waals surface area (Å²) >= 11 is 0. The molecule has 27 heavy (non-hydrogen) atoms. The van der Waals surface area contributed by atoms with Crippen molar-refractivity contribution in [3.05, 3.63) is 60.0 Å². The number of fused-ring (bicyclic) bond motifs is 1. The normalized spacial score (nSPS) is 19.7. The number of carbonyl (C=O) groups excluding carboxylic acids is 1. The van der Waals surface area contributed by atoms with Crippen LogP contribution in [0.4, 0.5) is 0 Å². The molecule has 0 spiro atoms. The second-order valence-corrected chi connectivity index (χ2v) is 7.26. The number of aromatic nitrogens is 3. The van der Waals surface area contributed by atoms with E-state index in [-0.39, 0.29) is 11.8 Å². The third-order valence-corrected chi connectivity index (χ3v) is 5.45. The van der Waals surface area contributed by atoms with E-state index in [1.54, 1.807) is 11.1 Å². The fourth-order valence-corrected chi connectivity index (χ4v) is 3.87. The lowest BCUT2D eigenvalue weighted by Gasteiger charge is -2.17. The Morgan fingerprint density at radius 3 is 2.85 bits per heavy atom. The van der Waals surface area contributed by atoms with Gasteiger partial charge in [0.25, 0.3) is 0 Å². The smallest absolute Gasteiger partial charge is 0.224 e. The summed E-state index contributed by atoms with van der Waals surface area (Å²) in [5.74, 6) is 0.122. The first kappa shape index (κ1) is 17.7. The van der Waals surface area contributed by atoms with E-state index >= 15 is 0 Å². The van der Waals surface area contributed by atoms with Gasteiger partial charge >= 0.3 is 0 Å². The Balaban J connectivity index is 1.40. The number of aliphatic hydroxyl groups excluding tert-OH is 1. The molecule has 1 fully saturated rings. The third-order valence-electron chi connectivity index (χ3n) is 5.45. The molecule has 2 aromatic heterocycles. The van der Waals surface area contributed by atoms with E-state index in [9.17, 15) is 9.90 Å². The van der Waals surface area contributed by atoms with Crippen LogP contribution in [0.5, 0.6) is 0 Å². The summed E-state index contributed by atoms with van der Waals surface area (Å²) in [7, 11) is 0. The summed E-state index contributed by atoms with van der Waals surface area (Å²) in [5.41, 5.74) is 3.18. The Morgan fingerprint density at radius 1 is 1.19 bits per heavy atom. The van der Waals surface area contributed by atoms with Crippen LogP contribution in [-0.4, -0.2) is 49.9 Å². The summed E-state index contributed by atoms with van der Waals surface area (Å²) < 4.78 is 1.84. The first-order valence-corrected chi connectivity index (χ1v) is 9.38. The van der Waals surface area contributed by atoms with Crippen LogP contribution < -0.4 is 0 Å². The summed E-state index contributed by atoms with van der Waals surface area (Å²) in [6.07, 6.45) is 4.21. The maximum atomic E-state index is 12.6. The van der Waals surface area contributed by atoms with Gasteiger partial charge < -0.3 is 10.0 Å². The van der Waals surface area contributed by atoms with Crippen molar-refractivity contribution in [1.29, 1.82) is 0 Å². The first-order chi connectivity index (χ1) is 13.1. The lowest BCUT2D eigenvalue weighted by atomic mass is 9.94. The zero-order valence-electron chi connectivity index (χ0n) is 15.5. The summed E-state index contributed by atoms with van der Waals surface area (Å²) in [6, 6.07) is 12.0. The molecule has 0 radical (unpaired) electrons. The molecule has 0 aliphatic carbocycles. The molecule has 1 aromatic carbocycles. The van der Waals surface area contributed by atoms with E-state index < -0.39 is 6.10 Å². The standard InChI is InChI=1S/C21H24N4O2/c1-15-6-10-23-25(15)11-8-21(27)24-13-17(20(26)14-24)12-16-7-9-22-19-5-3-2-4-18(16)19/h2-7,9-10,17,20,26H,8,11-14H2,1H3/t17-,20+/m1/s1. The number of hydrogen-bond donors (Lipinski definition) is 1. The first-order valence-electron chi connectivity index (χ1n) is 9.38. The van der Waals surface area contributed by atoms with Crippen molar-refractivity contribution in [2.75, 3.05) is 13.1 Å². The predicted molar refractivity (Wildman–Crippen MR) is 103 cm³/mol. The van der Waals surface area contributed by atoms with Gasteiger partial charge in [0, 0.05) is 55.4 Å². The highest BCUT2D eigenvalue weighted by molar-refractivity contribution is 5.82. The largest absolute Gasteiger partial charge is 0.391 e. The highest BCUT2D eigenvalue weighted by Gasteiger charge is 2.34. The molecule has 6 nitrogen and oxygen atoms in total. The average molecular weight is 364 g/mol.